The summed E-state index contributed by atoms with van der Waals surface area (Å²) in [4.78, 5) is 15.6. The highest BCUT2D eigenvalue weighted by atomic mass is 35.5. The molecule has 0 bridgehead atoms. The number of likely N-dealkylation sites (N-methyl/N-ethyl adjacent to an activating group) is 1. The fourth-order valence-corrected chi connectivity index (χ4v) is 3.45. The van der Waals surface area contributed by atoms with Crippen LogP contribution >= 0.6 is 11.6 Å². The Morgan fingerprint density at radius 1 is 1.29 bits per heavy atom. The minimum Gasteiger partial charge on any atom is -0.481 e. The number of benzene rings is 1. The van der Waals surface area contributed by atoms with Gasteiger partial charge >= 0.3 is 5.97 Å². The van der Waals surface area contributed by atoms with E-state index in [2.05, 4.69) is 29.0 Å². The minimum absolute atomic E-state index is 0.171. The van der Waals surface area contributed by atoms with Gasteiger partial charge in [0, 0.05) is 31.6 Å². The van der Waals surface area contributed by atoms with Gasteiger partial charge in [-0.1, -0.05) is 17.7 Å². The molecule has 0 spiro atoms. The van der Waals surface area contributed by atoms with Crippen LogP contribution in [0.3, 0.4) is 0 Å². The van der Waals surface area contributed by atoms with Crippen LogP contribution in [0, 0.1) is 0 Å². The van der Waals surface area contributed by atoms with Gasteiger partial charge in [-0.05, 0) is 37.6 Å². The largest absolute Gasteiger partial charge is 0.481 e. The van der Waals surface area contributed by atoms with E-state index in [1.54, 1.807) is 0 Å². The lowest BCUT2D eigenvalue weighted by molar-refractivity contribution is -0.137. The molecule has 0 radical (unpaired) electrons. The number of carboxylic acid groups (broad SMARTS) is 1. The molecule has 1 aromatic carbocycles. The molecule has 1 aromatic rings. The summed E-state index contributed by atoms with van der Waals surface area (Å²) in [6.45, 7) is 4.05. The van der Waals surface area contributed by atoms with E-state index in [4.69, 9.17) is 16.7 Å². The van der Waals surface area contributed by atoms with Crippen molar-refractivity contribution in [1.29, 1.82) is 0 Å². The number of carboxylic acids is 1. The van der Waals surface area contributed by atoms with Crippen LogP contribution in [0.5, 0.6) is 0 Å². The zero-order valence-corrected chi connectivity index (χ0v) is 13.1. The van der Waals surface area contributed by atoms with Crippen LogP contribution < -0.4 is 4.90 Å². The Bertz CT molecular complexity index is 549. The highest BCUT2D eigenvalue weighted by molar-refractivity contribution is 6.33. The van der Waals surface area contributed by atoms with Crippen LogP contribution in [0.2, 0.25) is 5.02 Å². The van der Waals surface area contributed by atoms with Crippen LogP contribution in [0.1, 0.15) is 24.8 Å². The molecule has 3 rings (SSSR count). The van der Waals surface area contributed by atoms with Crippen molar-refractivity contribution in [1.82, 2.24) is 4.90 Å². The number of aliphatic carboxylic acids is 1. The Labute approximate surface area is 130 Å². The first-order valence-corrected chi connectivity index (χ1v) is 7.83. The second kappa shape index (κ2) is 5.50. The molecule has 114 valence electrons. The molecule has 1 saturated carbocycles. The Balaban J connectivity index is 1.79. The van der Waals surface area contributed by atoms with Gasteiger partial charge < -0.3 is 14.9 Å². The van der Waals surface area contributed by atoms with Crippen LogP contribution in [0.25, 0.3) is 0 Å². The maximum Gasteiger partial charge on any atom is 0.304 e. The number of hydrogen-bond acceptors (Lipinski definition) is 3. The molecule has 0 amide bonds. The number of halogens is 1. The molecule has 0 atom stereocenters. The van der Waals surface area contributed by atoms with E-state index in [1.807, 2.05) is 6.07 Å². The Morgan fingerprint density at radius 3 is 2.48 bits per heavy atom. The van der Waals surface area contributed by atoms with E-state index in [0.717, 1.165) is 55.3 Å². The van der Waals surface area contributed by atoms with Crippen LogP contribution in [0.15, 0.2) is 18.2 Å². The molecule has 21 heavy (non-hydrogen) atoms. The molecule has 2 aliphatic rings. The van der Waals surface area contributed by atoms with Gasteiger partial charge in [-0.3, -0.25) is 4.79 Å². The third-order valence-corrected chi connectivity index (χ3v) is 5.05. The van der Waals surface area contributed by atoms with Crippen LogP contribution in [-0.2, 0) is 10.2 Å². The van der Waals surface area contributed by atoms with E-state index >= 15 is 0 Å². The van der Waals surface area contributed by atoms with E-state index in [-0.39, 0.29) is 11.8 Å². The van der Waals surface area contributed by atoms with Crippen molar-refractivity contribution in [3.8, 4) is 0 Å². The number of hydrogen-bond donors (Lipinski definition) is 1. The molecule has 5 heteroatoms. The molecule has 1 aliphatic carbocycles. The lowest BCUT2D eigenvalue weighted by Crippen LogP contribution is -2.44. The minimum atomic E-state index is -0.730. The van der Waals surface area contributed by atoms with Crippen molar-refractivity contribution in [3.05, 3.63) is 28.8 Å². The third kappa shape index (κ3) is 3.01. The average Bonchev–Trinajstić information content (AvgIpc) is 3.20. The molecule has 0 aromatic heterocycles. The first-order valence-electron chi connectivity index (χ1n) is 7.45. The summed E-state index contributed by atoms with van der Waals surface area (Å²) < 4.78 is 0. The van der Waals surface area contributed by atoms with Gasteiger partial charge in [0.05, 0.1) is 17.1 Å². The monoisotopic (exact) mass is 308 g/mol. The topological polar surface area (TPSA) is 43.8 Å². The standard InChI is InChI=1S/C16H21ClN2O2/c1-18-6-8-19(9-7-18)14-3-2-12(10-13(14)17)16(4-5-16)11-15(20)21/h2-3,10H,4-9,11H2,1H3,(H,20,21). The molecule has 1 N–H and O–H groups in total. The quantitative estimate of drug-likeness (QED) is 0.928. The molecule has 4 nitrogen and oxygen atoms in total. The Kier molecular flexibility index (Phi) is 3.84. The molecule has 0 unspecified atom stereocenters. The van der Waals surface area contributed by atoms with Gasteiger partial charge in [0.15, 0.2) is 0 Å². The predicted octanol–water partition coefficient (Wildman–Crippen LogP) is 2.60. The van der Waals surface area contributed by atoms with E-state index in [9.17, 15) is 4.79 Å². The zero-order chi connectivity index (χ0) is 15.0. The molecule has 1 aliphatic heterocycles. The Hall–Kier alpha value is -1.26. The smallest absolute Gasteiger partial charge is 0.304 e. The van der Waals surface area contributed by atoms with Gasteiger partial charge in [-0.2, -0.15) is 0 Å². The normalized spacial score (nSPS) is 21.3. The summed E-state index contributed by atoms with van der Waals surface area (Å²) in [6.07, 6.45) is 2.10. The summed E-state index contributed by atoms with van der Waals surface area (Å²) in [7, 11) is 2.13. The van der Waals surface area contributed by atoms with Crippen molar-refractivity contribution in [2.45, 2.75) is 24.7 Å². The summed E-state index contributed by atoms with van der Waals surface area (Å²) in [5, 5.41) is 9.80. The molecular weight excluding hydrogens is 288 g/mol. The van der Waals surface area contributed by atoms with Gasteiger partial charge in [0.1, 0.15) is 0 Å². The molecule has 2 fully saturated rings. The number of carbonyl (C=O) groups is 1. The van der Waals surface area contributed by atoms with E-state index in [1.165, 1.54) is 0 Å². The summed E-state index contributed by atoms with van der Waals surface area (Å²) >= 11 is 6.47. The number of anilines is 1. The van der Waals surface area contributed by atoms with Gasteiger partial charge in [-0.25, -0.2) is 0 Å². The SMILES string of the molecule is CN1CCN(c2ccc(C3(CC(=O)O)CC3)cc2Cl)CC1. The van der Waals surface area contributed by atoms with Gasteiger partial charge in [-0.15, -0.1) is 0 Å². The fraction of sp³-hybridized carbons (Fsp3) is 0.562. The van der Waals surface area contributed by atoms with Gasteiger partial charge in [0.25, 0.3) is 0 Å². The van der Waals surface area contributed by atoms with Crippen molar-refractivity contribution in [2.24, 2.45) is 0 Å². The Morgan fingerprint density at radius 2 is 1.95 bits per heavy atom. The van der Waals surface area contributed by atoms with Gasteiger partial charge in [0.2, 0.25) is 0 Å². The predicted molar refractivity (Wildman–Crippen MR) is 84.3 cm³/mol. The number of rotatable bonds is 4. The first-order chi connectivity index (χ1) is 10.00. The fourth-order valence-electron chi connectivity index (χ4n) is 3.15. The molecule has 1 saturated heterocycles. The summed E-state index contributed by atoms with van der Waals surface area (Å²) in [6, 6.07) is 6.10. The van der Waals surface area contributed by atoms with Crippen LogP contribution in [0.4, 0.5) is 5.69 Å². The maximum atomic E-state index is 11.0. The molecule has 1 heterocycles. The third-order valence-electron chi connectivity index (χ3n) is 4.75. The average molecular weight is 309 g/mol. The lowest BCUT2D eigenvalue weighted by Gasteiger charge is -2.34. The second-order valence-corrected chi connectivity index (χ2v) is 6.71. The number of piperazine rings is 1. The van der Waals surface area contributed by atoms with Crippen molar-refractivity contribution in [2.75, 3.05) is 38.1 Å². The first kappa shape index (κ1) is 14.7. The number of nitrogens with zero attached hydrogens (tertiary/aromatic N) is 2. The highest BCUT2D eigenvalue weighted by Gasteiger charge is 2.46. The van der Waals surface area contributed by atoms with Crippen molar-refractivity contribution < 1.29 is 9.90 Å². The second-order valence-electron chi connectivity index (χ2n) is 6.31. The lowest BCUT2D eigenvalue weighted by atomic mass is 9.92. The maximum absolute atomic E-state index is 11.0. The van der Waals surface area contributed by atoms with Crippen molar-refractivity contribution >= 4 is 23.3 Å². The van der Waals surface area contributed by atoms with E-state index < -0.39 is 5.97 Å². The van der Waals surface area contributed by atoms with Crippen LogP contribution in [-0.4, -0.2) is 49.2 Å². The summed E-state index contributed by atoms with van der Waals surface area (Å²) in [5.74, 6) is -0.730. The molecular formula is C16H21ClN2O2. The highest BCUT2D eigenvalue weighted by Crippen LogP contribution is 2.52. The zero-order valence-electron chi connectivity index (χ0n) is 12.3. The van der Waals surface area contributed by atoms with E-state index in [0.29, 0.717) is 0 Å². The summed E-state index contributed by atoms with van der Waals surface area (Å²) in [5.41, 5.74) is 1.98. The van der Waals surface area contributed by atoms with Crippen molar-refractivity contribution in [3.63, 3.8) is 0 Å².